The van der Waals surface area contributed by atoms with E-state index >= 15 is 0 Å². The first-order valence-corrected chi connectivity index (χ1v) is 7.01. The number of alkyl carbamates (subject to hydrolysis) is 1. The summed E-state index contributed by atoms with van der Waals surface area (Å²) in [5.41, 5.74) is 4.46. The van der Waals surface area contributed by atoms with Gasteiger partial charge < -0.3 is 21.1 Å². The molecule has 0 radical (unpaired) electrons. The molecule has 0 saturated heterocycles. The molecule has 0 aromatic heterocycles. The lowest BCUT2D eigenvalue weighted by atomic mass is 10.0. The normalized spacial score (nSPS) is 14.2. The van der Waals surface area contributed by atoms with E-state index in [2.05, 4.69) is 10.6 Å². The van der Waals surface area contributed by atoms with Crippen LogP contribution in [0.1, 0.15) is 48.0 Å². The van der Waals surface area contributed by atoms with E-state index in [4.69, 9.17) is 10.5 Å². The van der Waals surface area contributed by atoms with Crippen LogP contribution in [0, 0.1) is 5.92 Å². The summed E-state index contributed by atoms with van der Waals surface area (Å²) in [7, 11) is 0. The molecule has 0 bridgehead atoms. The SMILES string of the molecule is CC(C)C[C@H](NC(=O)OC(C)(C)C)C(=O)N[C@@H](C)C(N)=O. The maximum Gasteiger partial charge on any atom is 0.408 e. The van der Waals surface area contributed by atoms with Crippen LogP contribution in [0.2, 0.25) is 0 Å². The van der Waals surface area contributed by atoms with E-state index in [9.17, 15) is 14.4 Å². The van der Waals surface area contributed by atoms with Crippen LogP contribution in [0.3, 0.4) is 0 Å². The number of ether oxygens (including phenoxy) is 1. The van der Waals surface area contributed by atoms with Crippen LogP contribution in [-0.2, 0) is 14.3 Å². The lowest BCUT2D eigenvalue weighted by molar-refractivity contribution is -0.128. The van der Waals surface area contributed by atoms with Crippen molar-refractivity contribution in [3.63, 3.8) is 0 Å². The van der Waals surface area contributed by atoms with Crippen molar-refractivity contribution in [2.45, 2.75) is 65.6 Å². The highest BCUT2D eigenvalue weighted by molar-refractivity contribution is 5.90. The molecule has 7 heteroatoms. The van der Waals surface area contributed by atoms with Crippen LogP contribution in [0.15, 0.2) is 0 Å². The fourth-order valence-corrected chi connectivity index (χ4v) is 1.54. The van der Waals surface area contributed by atoms with Crippen molar-refractivity contribution in [3.05, 3.63) is 0 Å². The zero-order valence-corrected chi connectivity index (χ0v) is 13.6. The Hall–Kier alpha value is -1.79. The number of amides is 3. The summed E-state index contributed by atoms with van der Waals surface area (Å²) in [6.07, 6.45) is -0.244. The Bertz CT molecular complexity index is 388. The van der Waals surface area contributed by atoms with Gasteiger partial charge in [-0.2, -0.15) is 0 Å². The molecule has 0 rings (SSSR count). The van der Waals surface area contributed by atoms with Gasteiger partial charge in [0, 0.05) is 0 Å². The number of carbonyl (C=O) groups is 3. The second-order valence-corrected chi connectivity index (χ2v) is 6.46. The predicted octanol–water partition coefficient (Wildman–Crippen LogP) is 0.916. The van der Waals surface area contributed by atoms with Gasteiger partial charge >= 0.3 is 6.09 Å². The minimum absolute atomic E-state index is 0.180. The number of nitrogens with two attached hydrogens (primary N) is 1. The van der Waals surface area contributed by atoms with Gasteiger partial charge in [0.15, 0.2) is 0 Å². The van der Waals surface area contributed by atoms with Gasteiger partial charge in [-0.25, -0.2) is 4.79 Å². The van der Waals surface area contributed by atoms with Gasteiger partial charge in [0.25, 0.3) is 0 Å². The molecule has 7 nitrogen and oxygen atoms in total. The first-order chi connectivity index (χ1) is 9.42. The third-order valence-corrected chi connectivity index (χ3v) is 2.50. The van der Waals surface area contributed by atoms with Gasteiger partial charge in [0.05, 0.1) is 0 Å². The molecular weight excluding hydrogens is 274 g/mol. The molecular formula is C14H27N3O4. The van der Waals surface area contributed by atoms with Gasteiger partial charge in [-0.15, -0.1) is 0 Å². The molecule has 4 N–H and O–H groups in total. The third kappa shape index (κ3) is 8.88. The number of nitrogens with one attached hydrogen (secondary N) is 2. The van der Waals surface area contributed by atoms with E-state index in [-0.39, 0.29) is 5.92 Å². The molecule has 0 aliphatic heterocycles. The van der Waals surface area contributed by atoms with Gasteiger partial charge in [0.2, 0.25) is 11.8 Å². The number of primary amides is 1. The maximum atomic E-state index is 12.1. The van der Waals surface area contributed by atoms with Gasteiger partial charge in [0.1, 0.15) is 17.7 Å². The first kappa shape index (κ1) is 19.2. The van der Waals surface area contributed by atoms with E-state index in [1.807, 2.05) is 13.8 Å². The van der Waals surface area contributed by atoms with Gasteiger partial charge in [-0.1, -0.05) is 13.8 Å². The molecule has 122 valence electrons. The van der Waals surface area contributed by atoms with Crippen LogP contribution in [0.5, 0.6) is 0 Å². The Morgan fingerprint density at radius 3 is 2.00 bits per heavy atom. The second-order valence-electron chi connectivity index (χ2n) is 6.46. The summed E-state index contributed by atoms with van der Waals surface area (Å²) in [6, 6.07) is -1.57. The Morgan fingerprint density at radius 1 is 1.10 bits per heavy atom. The summed E-state index contributed by atoms with van der Waals surface area (Å²) >= 11 is 0. The number of rotatable bonds is 6. The molecule has 21 heavy (non-hydrogen) atoms. The van der Waals surface area contributed by atoms with Crippen LogP contribution >= 0.6 is 0 Å². The Labute approximate surface area is 126 Å². The second kappa shape index (κ2) is 7.85. The lowest BCUT2D eigenvalue weighted by Crippen LogP contribution is -2.53. The van der Waals surface area contributed by atoms with Crippen molar-refractivity contribution in [1.82, 2.24) is 10.6 Å². The van der Waals surface area contributed by atoms with Crippen LogP contribution < -0.4 is 16.4 Å². The number of carbonyl (C=O) groups excluding carboxylic acids is 3. The fourth-order valence-electron chi connectivity index (χ4n) is 1.54. The standard InChI is InChI=1S/C14H27N3O4/c1-8(2)7-10(12(19)16-9(3)11(15)18)17-13(20)21-14(4,5)6/h8-10H,7H2,1-6H3,(H2,15,18)(H,16,19)(H,17,20)/t9-,10-/m0/s1. The minimum Gasteiger partial charge on any atom is -0.444 e. The summed E-state index contributed by atoms with van der Waals surface area (Å²) in [5, 5.41) is 4.99. The zero-order valence-electron chi connectivity index (χ0n) is 13.6. The van der Waals surface area contributed by atoms with Crippen LogP contribution in [0.4, 0.5) is 4.79 Å². The molecule has 0 saturated carbocycles. The van der Waals surface area contributed by atoms with Crippen LogP contribution in [-0.4, -0.2) is 35.6 Å². The molecule has 2 atom stereocenters. The van der Waals surface area contributed by atoms with Crippen LogP contribution in [0.25, 0.3) is 0 Å². The van der Waals surface area contributed by atoms with E-state index in [0.29, 0.717) is 6.42 Å². The lowest BCUT2D eigenvalue weighted by Gasteiger charge is -2.24. The highest BCUT2D eigenvalue weighted by atomic mass is 16.6. The molecule has 0 aliphatic carbocycles. The average molecular weight is 301 g/mol. The highest BCUT2D eigenvalue weighted by Crippen LogP contribution is 2.09. The topological polar surface area (TPSA) is 111 Å². The smallest absolute Gasteiger partial charge is 0.408 e. The fraction of sp³-hybridized carbons (Fsp3) is 0.786. The summed E-state index contributed by atoms with van der Waals surface area (Å²) < 4.78 is 5.13. The Balaban J connectivity index is 4.75. The number of hydrogen-bond acceptors (Lipinski definition) is 4. The molecule has 0 aromatic carbocycles. The van der Waals surface area contributed by atoms with E-state index in [0.717, 1.165) is 0 Å². The molecule has 3 amide bonds. The molecule has 0 aliphatic rings. The third-order valence-electron chi connectivity index (χ3n) is 2.50. The van der Waals surface area contributed by atoms with Crippen molar-refractivity contribution in [3.8, 4) is 0 Å². The summed E-state index contributed by atoms with van der Waals surface area (Å²) in [6.45, 7) is 10.5. The largest absolute Gasteiger partial charge is 0.444 e. The van der Waals surface area contributed by atoms with Crippen molar-refractivity contribution >= 4 is 17.9 Å². The van der Waals surface area contributed by atoms with E-state index in [1.54, 1.807) is 20.8 Å². The maximum absolute atomic E-state index is 12.1. The molecule has 0 unspecified atom stereocenters. The Kier molecular flexibility index (Phi) is 7.18. The highest BCUT2D eigenvalue weighted by Gasteiger charge is 2.26. The average Bonchev–Trinajstić information content (AvgIpc) is 2.24. The molecule has 0 heterocycles. The molecule has 0 spiro atoms. The first-order valence-electron chi connectivity index (χ1n) is 7.01. The molecule has 0 aromatic rings. The monoisotopic (exact) mass is 301 g/mol. The van der Waals surface area contributed by atoms with E-state index in [1.165, 1.54) is 6.92 Å². The van der Waals surface area contributed by atoms with Crippen molar-refractivity contribution < 1.29 is 19.1 Å². The van der Waals surface area contributed by atoms with Crippen molar-refractivity contribution in [1.29, 1.82) is 0 Å². The van der Waals surface area contributed by atoms with E-state index < -0.39 is 35.6 Å². The van der Waals surface area contributed by atoms with Crippen molar-refractivity contribution in [2.75, 3.05) is 0 Å². The van der Waals surface area contributed by atoms with Gasteiger partial charge in [-0.05, 0) is 40.0 Å². The summed E-state index contributed by atoms with van der Waals surface area (Å²) in [4.78, 5) is 34.9. The predicted molar refractivity (Wildman–Crippen MR) is 79.4 cm³/mol. The van der Waals surface area contributed by atoms with Gasteiger partial charge in [-0.3, -0.25) is 9.59 Å². The number of hydrogen-bond donors (Lipinski definition) is 3. The van der Waals surface area contributed by atoms with Crippen molar-refractivity contribution in [2.24, 2.45) is 11.7 Å². The summed E-state index contributed by atoms with van der Waals surface area (Å²) in [5.74, 6) is -0.913. The zero-order chi connectivity index (χ0) is 16.8. The molecule has 0 fully saturated rings. The Morgan fingerprint density at radius 2 is 1.62 bits per heavy atom. The minimum atomic E-state index is -0.799. The quantitative estimate of drug-likeness (QED) is 0.677.